The molecule has 0 bridgehead atoms. The molecule has 1 saturated heterocycles. The van der Waals surface area contributed by atoms with Crippen molar-refractivity contribution in [2.75, 3.05) is 33.2 Å². The zero-order valence-corrected chi connectivity index (χ0v) is 12.2. The maximum Gasteiger partial charge on any atom is 0.0734 e. The third-order valence-electron chi connectivity index (χ3n) is 4.28. The Labute approximate surface area is 121 Å². The molecule has 0 aliphatic carbocycles. The molecule has 3 heteroatoms. The molecule has 0 saturated carbocycles. The third-order valence-corrected chi connectivity index (χ3v) is 4.28. The number of rotatable bonds is 5. The molecule has 0 spiro atoms. The quantitative estimate of drug-likeness (QED) is 0.903. The average Bonchev–Trinajstić information content (AvgIpc) is 2.93. The molecule has 1 N–H and O–H groups in total. The van der Waals surface area contributed by atoms with Crippen molar-refractivity contribution in [3.63, 3.8) is 0 Å². The number of benzene rings is 1. The van der Waals surface area contributed by atoms with Crippen LogP contribution < -0.4 is 5.32 Å². The van der Waals surface area contributed by atoms with Crippen LogP contribution in [-0.4, -0.2) is 43.1 Å². The second-order valence-corrected chi connectivity index (χ2v) is 5.76. The first-order chi connectivity index (χ1) is 9.86. The molecule has 106 valence electrons. The van der Waals surface area contributed by atoms with Crippen molar-refractivity contribution in [3.05, 3.63) is 42.1 Å². The van der Waals surface area contributed by atoms with E-state index in [1.165, 1.54) is 36.0 Å². The van der Waals surface area contributed by atoms with Crippen LogP contribution in [0.5, 0.6) is 0 Å². The fourth-order valence-electron chi connectivity index (χ4n) is 3.22. The summed E-state index contributed by atoms with van der Waals surface area (Å²) in [7, 11) is 2.05. The smallest absolute Gasteiger partial charge is 0.0734 e. The highest BCUT2D eigenvalue weighted by molar-refractivity contribution is 5.81. The number of aromatic nitrogens is 1. The van der Waals surface area contributed by atoms with Crippen molar-refractivity contribution in [2.24, 2.45) is 5.92 Å². The molecular formula is C17H23N3. The molecular weight excluding hydrogens is 246 g/mol. The highest BCUT2D eigenvalue weighted by Crippen LogP contribution is 2.19. The van der Waals surface area contributed by atoms with E-state index in [1.54, 1.807) is 0 Å². The second-order valence-electron chi connectivity index (χ2n) is 5.76. The summed E-state index contributed by atoms with van der Waals surface area (Å²) >= 11 is 0. The van der Waals surface area contributed by atoms with E-state index in [0.29, 0.717) is 0 Å². The van der Waals surface area contributed by atoms with E-state index in [0.717, 1.165) is 25.4 Å². The molecule has 20 heavy (non-hydrogen) atoms. The van der Waals surface area contributed by atoms with Gasteiger partial charge in [-0.3, -0.25) is 4.98 Å². The zero-order valence-electron chi connectivity index (χ0n) is 12.2. The highest BCUT2D eigenvalue weighted by Gasteiger charge is 2.21. The molecule has 3 rings (SSSR count). The van der Waals surface area contributed by atoms with Gasteiger partial charge in [0.25, 0.3) is 0 Å². The molecule has 3 nitrogen and oxygen atoms in total. The van der Waals surface area contributed by atoms with Crippen LogP contribution >= 0.6 is 0 Å². The van der Waals surface area contributed by atoms with E-state index in [9.17, 15) is 0 Å². The Bertz CT molecular complexity index is 562. The van der Waals surface area contributed by atoms with Crippen LogP contribution in [0.4, 0.5) is 0 Å². The Morgan fingerprint density at radius 2 is 2.20 bits per heavy atom. The maximum atomic E-state index is 4.54. The van der Waals surface area contributed by atoms with Crippen LogP contribution in [0, 0.1) is 5.92 Å². The van der Waals surface area contributed by atoms with E-state index < -0.39 is 0 Å². The first-order valence-corrected chi connectivity index (χ1v) is 7.56. The largest absolute Gasteiger partial charge is 0.319 e. The van der Waals surface area contributed by atoms with Crippen LogP contribution in [0.25, 0.3) is 10.9 Å². The molecule has 0 radical (unpaired) electrons. The lowest BCUT2D eigenvalue weighted by Gasteiger charge is -2.16. The van der Waals surface area contributed by atoms with Crippen LogP contribution in [0.2, 0.25) is 0 Å². The topological polar surface area (TPSA) is 28.2 Å². The van der Waals surface area contributed by atoms with Gasteiger partial charge in [0, 0.05) is 24.7 Å². The van der Waals surface area contributed by atoms with E-state index in [4.69, 9.17) is 0 Å². The van der Waals surface area contributed by atoms with Gasteiger partial charge in [0.05, 0.1) is 5.52 Å². The Morgan fingerprint density at radius 1 is 1.30 bits per heavy atom. The van der Waals surface area contributed by atoms with Gasteiger partial charge < -0.3 is 10.2 Å². The summed E-state index contributed by atoms with van der Waals surface area (Å²) < 4.78 is 0. The monoisotopic (exact) mass is 269 g/mol. The van der Waals surface area contributed by atoms with Gasteiger partial charge in [0.2, 0.25) is 0 Å². The predicted octanol–water partition coefficient (Wildman–Crippen LogP) is 2.32. The molecule has 1 fully saturated rings. The first-order valence-electron chi connectivity index (χ1n) is 7.56. The van der Waals surface area contributed by atoms with Gasteiger partial charge in [-0.2, -0.15) is 0 Å². The highest BCUT2D eigenvalue weighted by atomic mass is 15.1. The minimum atomic E-state index is 0.825. The SMILES string of the molecule is CNCC1CCN(CCc2cccc3cccnc23)C1. The van der Waals surface area contributed by atoms with E-state index in [1.807, 2.05) is 19.3 Å². The minimum Gasteiger partial charge on any atom is -0.319 e. The van der Waals surface area contributed by atoms with Gasteiger partial charge in [0.1, 0.15) is 0 Å². The summed E-state index contributed by atoms with van der Waals surface area (Å²) in [4.78, 5) is 7.13. The summed E-state index contributed by atoms with van der Waals surface area (Å²) in [5, 5.41) is 4.54. The molecule has 2 heterocycles. The van der Waals surface area contributed by atoms with Crippen molar-refractivity contribution in [1.29, 1.82) is 0 Å². The average molecular weight is 269 g/mol. The lowest BCUT2D eigenvalue weighted by atomic mass is 10.1. The summed E-state index contributed by atoms with van der Waals surface area (Å²) in [5.41, 5.74) is 2.54. The van der Waals surface area contributed by atoms with E-state index in [2.05, 4.69) is 39.5 Å². The Hall–Kier alpha value is -1.45. The molecule has 1 aromatic carbocycles. The van der Waals surface area contributed by atoms with Crippen molar-refractivity contribution in [2.45, 2.75) is 12.8 Å². The van der Waals surface area contributed by atoms with Crippen LogP contribution in [0.1, 0.15) is 12.0 Å². The fourth-order valence-corrected chi connectivity index (χ4v) is 3.22. The summed E-state index contributed by atoms with van der Waals surface area (Å²) in [6.07, 6.45) is 4.32. The van der Waals surface area contributed by atoms with E-state index >= 15 is 0 Å². The number of hydrogen-bond acceptors (Lipinski definition) is 3. The number of likely N-dealkylation sites (tertiary alicyclic amines) is 1. The second kappa shape index (κ2) is 6.33. The lowest BCUT2D eigenvalue weighted by Crippen LogP contribution is -2.26. The third kappa shape index (κ3) is 3.00. The van der Waals surface area contributed by atoms with Gasteiger partial charge in [-0.1, -0.05) is 24.3 Å². The molecule has 1 unspecified atom stereocenters. The fraction of sp³-hybridized carbons (Fsp3) is 0.471. The van der Waals surface area contributed by atoms with Crippen molar-refractivity contribution in [1.82, 2.24) is 15.2 Å². The number of pyridine rings is 1. The molecule has 1 aliphatic heterocycles. The summed E-state index contributed by atoms with van der Waals surface area (Å²) in [5.74, 6) is 0.825. The number of nitrogens with one attached hydrogen (secondary N) is 1. The Balaban J connectivity index is 1.63. The van der Waals surface area contributed by atoms with Gasteiger partial charge in [-0.05, 0) is 50.5 Å². The van der Waals surface area contributed by atoms with Crippen LogP contribution in [-0.2, 0) is 6.42 Å². The van der Waals surface area contributed by atoms with Crippen molar-refractivity contribution >= 4 is 10.9 Å². The number of para-hydroxylation sites is 1. The van der Waals surface area contributed by atoms with Crippen LogP contribution in [0.15, 0.2) is 36.5 Å². The molecule has 1 aliphatic rings. The summed E-state index contributed by atoms with van der Waals surface area (Å²) in [6.45, 7) is 4.77. The maximum absolute atomic E-state index is 4.54. The zero-order chi connectivity index (χ0) is 13.8. The minimum absolute atomic E-state index is 0.825. The number of nitrogens with zero attached hydrogens (tertiary/aromatic N) is 2. The number of hydrogen-bond donors (Lipinski definition) is 1. The van der Waals surface area contributed by atoms with Crippen molar-refractivity contribution in [3.8, 4) is 0 Å². The van der Waals surface area contributed by atoms with Crippen molar-refractivity contribution < 1.29 is 0 Å². The van der Waals surface area contributed by atoms with Gasteiger partial charge in [-0.25, -0.2) is 0 Å². The summed E-state index contributed by atoms with van der Waals surface area (Å²) in [6, 6.07) is 10.7. The molecule has 1 atom stereocenters. The van der Waals surface area contributed by atoms with E-state index in [-0.39, 0.29) is 0 Å². The Kier molecular flexibility index (Phi) is 4.28. The predicted molar refractivity (Wildman–Crippen MR) is 83.9 cm³/mol. The standard InChI is InChI=1S/C17H23N3/c1-18-12-14-7-10-20(13-14)11-8-16-5-2-4-15-6-3-9-19-17(15)16/h2-6,9,14,18H,7-8,10-13H2,1H3. The van der Waals surface area contributed by atoms with Gasteiger partial charge in [0.15, 0.2) is 0 Å². The molecule has 1 aromatic heterocycles. The molecule has 0 amide bonds. The number of fused-ring (bicyclic) bond motifs is 1. The van der Waals surface area contributed by atoms with Gasteiger partial charge >= 0.3 is 0 Å². The van der Waals surface area contributed by atoms with Gasteiger partial charge in [-0.15, -0.1) is 0 Å². The molecule has 2 aromatic rings. The normalized spacial score (nSPS) is 19.8. The van der Waals surface area contributed by atoms with Crippen LogP contribution in [0.3, 0.4) is 0 Å². The lowest BCUT2D eigenvalue weighted by molar-refractivity contribution is 0.327. The first kappa shape index (κ1) is 13.5. The Morgan fingerprint density at radius 3 is 3.10 bits per heavy atom.